The Hall–Kier alpha value is -1.23. The number of aldehydes is 1. The molecule has 0 aromatic carbocycles. The molecule has 0 aliphatic carbocycles. The second-order valence-corrected chi connectivity index (χ2v) is 3.22. The van der Waals surface area contributed by atoms with Gasteiger partial charge in [0.1, 0.15) is 5.69 Å². The van der Waals surface area contributed by atoms with Crippen molar-refractivity contribution in [2.75, 3.05) is 13.1 Å². The van der Waals surface area contributed by atoms with Gasteiger partial charge in [-0.05, 0) is 19.4 Å². The topological polar surface area (TPSA) is 59.8 Å². The fourth-order valence-electron chi connectivity index (χ4n) is 1.66. The molecule has 0 bridgehead atoms. The first-order valence-electron chi connectivity index (χ1n) is 4.48. The number of piperidine rings is 1. The van der Waals surface area contributed by atoms with Crippen molar-refractivity contribution in [3.63, 3.8) is 0 Å². The number of hydrogen-bond donors (Lipinski definition) is 1. The van der Waals surface area contributed by atoms with Gasteiger partial charge in [-0.3, -0.25) is 4.79 Å². The summed E-state index contributed by atoms with van der Waals surface area (Å²) in [6.07, 6.45) is 4.50. The van der Waals surface area contributed by atoms with Gasteiger partial charge in [-0.1, -0.05) is 5.21 Å². The molecular formula is C8H12N4O. The fourth-order valence-corrected chi connectivity index (χ4v) is 1.66. The number of nitrogens with zero attached hydrogens (tertiary/aromatic N) is 3. The molecule has 1 aromatic rings. The van der Waals surface area contributed by atoms with Gasteiger partial charge in [0.2, 0.25) is 0 Å². The molecule has 13 heavy (non-hydrogen) atoms. The molecule has 2 rings (SSSR count). The van der Waals surface area contributed by atoms with E-state index in [0.717, 1.165) is 32.2 Å². The molecule has 0 radical (unpaired) electrons. The highest BCUT2D eigenvalue weighted by molar-refractivity contribution is 5.71. The van der Waals surface area contributed by atoms with Gasteiger partial charge in [-0.2, -0.15) is 0 Å². The summed E-state index contributed by atoms with van der Waals surface area (Å²) in [5, 5.41) is 10.9. The van der Waals surface area contributed by atoms with Gasteiger partial charge in [-0.15, -0.1) is 5.10 Å². The van der Waals surface area contributed by atoms with Gasteiger partial charge in [0, 0.05) is 6.54 Å². The molecule has 2 heterocycles. The van der Waals surface area contributed by atoms with Crippen molar-refractivity contribution in [1.82, 2.24) is 20.3 Å². The van der Waals surface area contributed by atoms with Crippen LogP contribution >= 0.6 is 0 Å². The molecule has 0 spiro atoms. The number of carbonyl (C=O) groups is 1. The Bertz CT molecular complexity index is 290. The van der Waals surface area contributed by atoms with Gasteiger partial charge in [0.25, 0.3) is 0 Å². The number of aromatic nitrogens is 3. The van der Waals surface area contributed by atoms with Crippen molar-refractivity contribution >= 4 is 6.29 Å². The smallest absolute Gasteiger partial charge is 0.169 e. The van der Waals surface area contributed by atoms with Crippen LogP contribution in [0.4, 0.5) is 0 Å². The third kappa shape index (κ3) is 1.60. The molecule has 70 valence electrons. The highest BCUT2D eigenvalue weighted by Gasteiger charge is 2.17. The van der Waals surface area contributed by atoms with E-state index in [-0.39, 0.29) is 6.04 Å². The quantitative estimate of drug-likeness (QED) is 0.651. The van der Waals surface area contributed by atoms with Crippen molar-refractivity contribution in [2.45, 2.75) is 18.9 Å². The summed E-state index contributed by atoms with van der Waals surface area (Å²) in [6, 6.07) is 0.288. The Morgan fingerprint density at radius 1 is 1.69 bits per heavy atom. The monoisotopic (exact) mass is 180 g/mol. The zero-order valence-corrected chi connectivity index (χ0v) is 7.31. The Kier molecular flexibility index (Phi) is 2.35. The van der Waals surface area contributed by atoms with E-state index in [2.05, 4.69) is 15.6 Å². The van der Waals surface area contributed by atoms with Crippen LogP contribution in [0.1, 0.15) is 29.4 Å². The van der Waals surface area contributed by atoms with Crippen molar-refractivity contribution in [3.8, 4) is 0 Å². The number of rotatable bonds is 2. The van der Waals surface area contributed by atoms with Crippen LogP contribution in [0.5, 0.6) is 0 Å². The van der Waals surface area contributed by atoms with E-state index in [1.807, 2.05) is 0 Å². The van der Waals surface area contributed by atoms with Crippen molar-refractivity contribution in [3.05, 3.63) is 11.9 Å². The molecule has 1 saturated heterocycles. The highest BCUT2D eigenvalue weighted by Crippen LogP contribution is 2.15. The summed E-state index contributed by atoms with van der Waals surface area (Å²) in [5.74, 6) is 0. The predicted molar refractivity (Wildman–Crippen MR) is 46.6 cm³/mol. The number of nitrogens with one attached hydrogen (secondary N) is 1. The van der Waals surface area contributed by atoms with Crippen LogP contribution < -0.4 is 5.32 Å². The van der Waals surface area contributed by atoms with Crippen LogP contribution in [0.2, 0.25) is 0 Å². The Balaban J connectivity index is 2.17. The van der Waals surface area contributed by atoms with Crippen molar-refractivity contribution in [2.24, 2.45) is 0 Å². The lowest BCUT2D eigenvalue weighted by Crippen LogP contribution is -2.32. The maximum Gasteiger partial charge on any atom is 0.169 e. The maximum absolute atomic E-state index is 10.6. The van der Waals surface area contributed by atoms with Crippen LogP contribution in [0.15, 0.2) is 6.20 Å². The summed E-state index contributed by atoms with van der Waals surface area (Å²) >= 11 is 0. The minimum atomic E-state index is 0.288. The zero-order chi connectivity index (χ0) is 9.10. The second-order valence-electron chi connectivity index (χ2n) is 3.22. The van der Waals surface area contributed by atoms with E-state index in [1.165, 1.54) is 6.20 Å². The maximum atomic E-state index is 10.6. The largest absolute Gasteiger partial charge is 0.315 e. The summed E-state index contributed by atoms with van der Waals surface area (Å²) < 4.78 is 1.71. The van der Waals surface area contributed by atoms with Gasteiger partial charge < -0.3 is 5.32 Å². The predicted octanol–water partition coefficient (Wildman–Crippen LogP) is 0.0151. The molecule has 1 unspecified atom stereocenters. The molecule has 1 fully saturated rings. The Morgan fingerprint density at radius 3 is 3.31 bits per heavy atom. The summed E-state index contributed by atoms with van der Waals surface area (Å²) in [7, 11) is 0. The Morgan fingerprint density at radius 2 is 2.62 bits per heavy atom. The molecule has 1 aromatic heterocycles. The van der Waals surface area contributed by atoms with Gasteiger partial charge in [-0.25, -0.2) is 4.68 Å². The minimum absolute atomic E-state index is 0.288. The zero-order valence-electron chi connectivity index (χ0n) is 7.31. The van der Waals surface area contributed by atoms with Crippen molar-refractivity contribution < 1.29 is 4.79 Å². The molecule has 1 aliphatic heterocycles. The molecule has 0 amide bonds. The van der Waals surface area contributed by atoms with Crippen LogP contribution in [-0.2, 0) is 0 Å². The average molecular weight is 180 g/mol. The van der Waals surface area contributed by atoms with Gasteiger partial charge in [0.05, 0.1) is 12.2 Å². The number of hydrogen-bond acceptors (Lipinski definition) is 4. The summed E-state index contributed by atoms with van der Waals surface area (Å²) in [5.41, 5.74) is 0.564. The van der Waals surface area contributed by atoms with Crippen molar-refractivity contribution in [1.29, 1.82) is 0 Å². The van der Waals surface area contributed by atoms with E-state index in [1.54, 1.807) is 4.68 Å². The van der Waals surface area contributed by atoms with E-state index in [9.17, 15) is 4.79 Å². The van der Waals surface area contributed by atoms with E-state index in [0.29, 0.717) is 5.69 Å². The van der Waals surface area contributed by atoms with E-state index >= 15 is 0 Å². The molecule has 1 aliphatic rings. The average Bonchev–Trinajstić information content (AvgIpc) is 2.67. The lowest BCUT2D eigenvalue weighted by atomic mass is 10.1. The third-order valence-corrected chi connectivity index (χ3v) is 2.34. The van der Waals surface area contributed by atoms with E-state index in [4.69, 9.17) is 0 Å². The fraction of sp³-hybridized carbons (Fsp3) is 0.625. The normalized spacial score (nSPS) is 22.9. The third-order valence-electron chi connectivity index (χ3n) is 2.34. The first-order valence-corrected chi connectivity index (χ1v) is 4.48. The van der Waals surface area contributed by atoms with E-state index < -0.39 is 0 Å². The molecular weight excluding hydrogens is 168 g/mol. The standard InChI is InChI=1S/C8H12N4O/c13-6-8-5-10-11-12(8)7-2-1-3-9-4-7/h5-7,9H,1-4H2. The van der Waals surface area contributed by atoms with Gasteiger partial charge in [0.15, 0.2) is 6.29 Å². The van der Waals surface area contributed by atoms with Gasteiger partial charge >= 0.3 is 0 Å². The molecule has 1 atom stereocenters. The molecule has 0 saturated carbocycles. The van der Waals surface area contributed by atoms with Crippen LogP contribution in [0.3, 0.4) is 0 Å². The molecule has 5 nitrogen and oxygen atoms in total. The molecule has 5 heteroatoms. The second kappa shape index (κ2) is 3.66. The lowest BCUT2D eigenvalue weighted by Gasteiger charge is -2.23. The highest BCUT2D eigenvalue weighted by atomic mass is 16.1. The van der Waals surface area contributed by atoms with Crippen LogP contribution in [0.25, 0.3) is 0 Å². The van der Waals surface area contributed by atoms with Crippen LogP contribution in [-0.4, -0.2) is 34.4 Å². The first-order chi connectivity index (χ1) is 6.42. The van der Waals surface area contributed by atoms with Crippen LogP contribution in [0, 0.1) is 0 Å². The summed E-state index contributed by atoms with van der Waals surface area (Å²) in [4.78, 5) is 10.6. The molecule has 1 N–H and O–H groups in total. The Labute approximate surface area is 76.1 Å². The summed E-state index contributed by atoms with van der Waals surface area (Å²) in [6.45, 7) is 1.94. The first kappa shape index (κ1) is 8.37. The SMILES string of the molecule is O=Cc1cnnn1C1CCCNC1. The number of carbonyl (C=O) groups excluding carboxylic acids is 1. The minimum Gasteiger partial charge on any atom is -0.315 e. The lowest BCUT2D eigenvalue weighted by molar-refractivity contribution is 0.111.